The van der Waals surface area contributed by atoms with E-state index in [1.54, 1.807) is 0 Å². The lowest BCUT2D eigenvalue weighted by atomic mass is 10.1. The van der Waals surface area contributed by atoms with Gasteiger partial charge in [0.25, 0.3) is 5.91 Å². The monoisotopic (exact) mass is 373 g/mol. The van der Waals surface area contributed by atoms with Crippen LogP contribution in [-0.2, 0) is 6.54 Å². The van der Waals surface area contributed by atoms with E-state index in [9.17, 15) is 4.79 Å². The minimum absolute atomic E-state index is 0. The molecule has 5 heteroatoms. The maximum Gasteiger partial charge on any atom is 0.254 e. The summed E-state index contributed by atoms with van der Waals surface area (Å²) < 4.78 is 0. The average molecular weight is 374 g/mol. The lowest BCUT2D eigenvalue weighted by Crippen LogP contribution is -2.39. The normalized spacial score (nSPS) is 16.2. The number of rotatable bonds is 6. The maximum absolute atomic E-state index is 12.7. The number of amides is 1. The number of benzene rings is 2. The third-order valence-corrected chi connectivity index (χ3v) is 4.99. The molecule has 2 aromatic rings. The highest BCUT2D eigenvalue weighted by atomic mass is 35.5. The summed E-state index contributed by atoms with van der Waals surface area (Å²) in [6.07, 6.45) is 2.06. The van der Waals surface area contributed by atoms with Crippen LogP contribution in [0.2, 0.25) is 0 Å². The van der Waals surface area contributed by atoms with Gasteiger partial charge in [0.1, 0.15) is 0 Å². The fraction of sp³-hybridized carbons (Fsp3) is 0.381. The van der Waals surface area contributed by atoms with Crippen molar-refractivity contribution < 1.29 is 4.79 Å². The third kappa shape index (κ3) is 4.57. The predicted octanol–water partition coefficient (Wildman–Crippen LogP) is 3.70. The van der Waals surface area contributed by atoms with Crippen LogP contribution >= 0.6 is 12.4 Å². The Morgan fingerprint density at radius 2 is 1.85 bits per heavy atom. The number of nitrogens with zero attached hydrogens (tertiary/aromatic N) is 2. The molecule has 0 spiro atoms. The van der Waals surface area contributed by atoms with Crippen LogP contribution in [0.4, 0.5) is 5.69 Å². The molecule has 1 heterocycles. The van der Waals surface area contributed by atoms with Crippen LogP contribution in [0.1, 0.15) is 35.7 Å². The first-order valence-corrected chi connectivity index (χ1v) is 9.13. The molecular weight excluding hydrogens is 346 g/mol. The zero-order valence-corrected chi connectivity index (χ0v) is 16.1. The van der Waals surface area contributed by atoms with Gasteiger partial charge in [0.05, 0.1) is 0 Å². The number of likely N-dealkylation sites (tertiary alicyclic amines) is 1. The van der Waals surface area contributed by atoms with E-state index in [0.717, 1.165) is 43.7 Å². The molecule has 2 aromatic carbocycles. The molecule has 1 unspecified atom stereocenters. The van der Waals surface area contributed by atoms with E-state index in [1.807, 2.05) is 35.2 Å². The molecule has 0 saturated carbocycles. The van der Waals surface area contributed by atoms with Crippen molar-refractivity contribution in [3.63, 3.8) is 0 Å². The highest BCUT2D eigenvalue weighted by Crippen LogP contribution is 2.22. The molecule has 1 aliphatic heterocycles. The number of halogens is 1. The highest BCUT2D eigenvalue weighted by Gasteiger charge is 2.28. The van der Waals surface area contributed by atoms with Crippen molar-refractivity contribution in [2.24, 2.45) is 5.73 Å². The molecular formula is C21H28ClN3O. The molecule has 26 heavy (non-hydrogen) atoms. The van der Waals surface area contributed by atoms with Gasteiger partial charge in [-0.3, -0.25) is 4.79 Å². The van der Waals surface area contributed by atoms with Gasteiger partial charge in [0.15, 0.2) is 0 Å². The first kappa shape index (κ1) is 20.3. The van der Waals surface area contributed by atoms with E-state index in [2.05, 4.69) is 36.1 Å². The molecule has 0 aromatic heterocycles. The molecule has 1 saturated heterocycles. The fourth-order valence-electron chi connectivity index (χ4n) is 3.52. The first-order chi connectivity index (χ1) is 12.2. The molecule has 3 rings (SSSR count). The second-order valence-electron chi connectivity index (χ2n) is 6.58. The van der Waals surface area contributed by atoms with Crippen molar-refractivity contribution in [3.8, 4) is 0 Å². The third-order valence-electron chi connectivity index (χ3n) is 4.99. The van der Waals surface area contributed by atoms with Crippen molar-refractivity contribution in [3.05, 3.63) is 65.7 Å². The molecule has 4 nitrogen and oxygen atoms in total. The lowest BCUT2D eigenvalue weighted by molar-refractivity contribution is 0.0741. The van der Waals surface area contributed by atoms with Gasteiger partial charge in [-0.15, -0.1) is 12.4 Å². The van der Waals surface area contributed by atoms with Crippen LogP contribution in [0, 0.1) is 0 Å². The smallest absolute Gasteiger partial charge is 0.254 e. The predicted molar refractivity (Wildman–Crippen MR) is 110 cm³/mol. The SMILES string of the molecule is CCN(Cc1ccccc1)c1ccc(C(=O)N2CCCC2CN)cc1.Cl. The van der Waals surface area contributed by atoms with Gasteiger partial charge in [-0.2, -0.15) is 0 Å². The topological polar surface area (TPSA) is 49.6 Å². The summed E-state index contributed by atoms with van der Waals surface area (Å²) in [5.41, 5.74) is 8.97. The molecule has 1 amide bonds. The molecule has 2 N–H and O–H groups in total. The molecule has 1 atom stereocenters. The van der Waals surface area contributed by atoms with Gasteiger partial charge in [-0.1, -0.05) is 30.3 Å². The van der Waals surface area contributed by atoms with Crippen molar-refractivity contribution >= 4 is 24.0 Å². The number of anilines is 1. The Labute approximate surface area is 162 Å². The number of nitrogens with two attached hydrogens (primary N) is 1. The van der Waals surface area contributed by atoms with Crippen molar-refractivity contribution in [1.29, 1.82) is 0 Å². The minimum Gasteiger partial charge on any atom is -0.367 e. The Morgan fingerprint density at radius 3 is 2.46 bits per heavy atom. The van der Waals surface area contributed by atoms with Gasteiger partial charge in [-0.05, 0) is 49.6 Å². The van der Waals surface area contributed by atoms with E-state index in [4.69, 9.17) is 5.73 Å². The molecule has 0 radical (unpaired) electrons. The molecule has 1 fully saturated rings. The lowest BCUT2D eigenvalue weighted by Gasteiger charge is -2.25. The Hall–Kier alpha value is -2.04. The van der Waals surface area contributed by atoms with E-state index in [1.165, 1.54) is 5.56 Å². The molecule has 140 valence electrons. The van der Waals surface area contributed by atoms with Crippen molar-refractivity contribution in [1.82, 2.24) is 4.90 Å². The van der Waals surface area contributed by atoms with Crippen LogP contribution < -0.4 is 10.6 Å². The Morgan fingerprint density at radius 1 is 1.15 bits per heavy atom. The summed E-state index contributed by atoms with van der Waals surface area (Å²) in [6.45, 7) is 5.30. The minimum atomic E-state index is 0. The van der Waals surface area contributed by atoms with Crippen LogP contribution in [0.25, 0.3) is 0 Å². The van der Waals surface area contributed by atoms with Gasteiger partial charge >= 0.3 is 0 Å². The van der Waals surface area contributed by atoms with Gasteiger partial charge in [0, 0.05) is 43.5 Å². The van der Waals surface area contributed by atoms with Crippen molar-refractivity contribution in [2.75, 3.05) is 24.5 Å². The molecule has 0 bridgehead atoms. The van der Waals surface area contributed by atoms with E-state index in [-0.39, 0.29) is 24.4 Å². The number of carbonyl (C=O) groups is 1. The highest BCUT2D eigenvalue weighted by molar-refractivity contribution is 5.95. The van der Waals surface area contributed by atoms with Gasteiger partial charge in [0.2, 0.25) is 0 Å². The zero-order chi connectivity index (χ0) is 17.6. The van der Waals surface area contributed by atoms with Gasteiger partial charge in [-0.25, -0.2) is 0 Å². The van der Waals surface area contributed by atoms with Crippen molar-refractivity contribution in [2.45, 2.75) is 32.4 Å². The zero-order valence-electron chi connectivity index (χ0n) is 15.3. The summed E-state index contributed by atoms with van der Waals surface area (Å²) in [5, 5.41) is 0. The van der Waals surface area contributed by atoms with Crippen LogP contribution in [-0.4, -0.2) is 36.5 Å². The second-order valence-corrected chi connectivity index (χ2v) is 6.58. The standard InChI is InChI=1S/C21H27N3O.ClH/c1-2-23(16-17-7-4-3-5-8-17)19-12-10-18(11-13-19)21(25)24-14-6-9-20(24)15-22;/h3-5,7-8,10-13,20H,2,6,9,14-16,22H2,1H3;1H. The molecule has 1 aliphatic rings. The first-order valence-electron chi connectivity index (χ1n) is 9.13. The van der Waals surface area contributed by atoms with E-state index < -0.39 is 0 Å². The summed E-state index contributed by atoms with van der Waals surface area (Å²) >= 11 is 0. The summed E-state index contributed by atoms with van der Waals surface area (Å²) in [7, 11) is 0. The number of carbonyl (C=O) groups excluding carboxylic acids is 1. The van der Waals surface area contributed by atoms with E-state index in [0.29, 0.717) is 6.54 Å². The maximum atomic E-state index is 12.7. The number of hydrogen-bond donors (Lipinski definition) is 1. The van der Waals surface area contributed by atoms with E-state index >= 15 is 0 Å². The van der Waals surface area contributed by atoms with Gasteiger partial charge < -0.3 is 15.5 Å². The summed E-state index contributed by atoms with van der Waals surface area (Å²) in [4.78, 5) is 16.9. The molecule has 0 aliphatic carbocycles. The Bertz CT molecular complexity index is 690. The van der Waals surface area contributed by atoms with Crippen LogP contribution in [0.15, 0.2) is 54.6 Å². The quantitative estimate of drug-likeness (QED) is 0.839. The Balaban J connectivity index is 0.00000243. The summed E-state index contributed by atoms with van der Waals surface area (Å²) in [5.74, 6) is 0.102. The Kier molecular flexibility index (Phi) is 7.49. The van der Waals surface area contributed by atoms with Crippen LogP contribution in [0.3, 0.4) is 0 Å². The fourth-order valence-corrected chi connectivity index (χ4v) is 3.52. The second kappa shape index (κ2) is 9.60. The summed E-state index contributed by atoms with van der Waals surface area (Å²) in [6, 6.07) is 18.6. The largest absolute Gasteiger partial charge is 0.367 e. The number of hydrogen-bond acceptors (Lipinski definition) is 3. The van der Waals surface area contributed by atoms with Crippen LogP contribution in [0.5, 0.6) is 0 Å². The average Bonchev–Trinajstić information content (AvgIpc) is 3.15.